The number of ether oxygens (including phenoxy) is 2. The first-order chi connectivity index (χ1) is 12.4. The highest BCUT2D eigenvalue weighted by atomic mass is 32.2. The first-order valence-corrected chi connectivity index (χ1v) is 10.8. The van der Waals surface area contributed by atoms with Gasteiger partial charge in [-0.3, -0.25) is 4.79 Å². The maximum absolute atomic E-state index is 12.3. The van der Waals surface area contributed by atoms with Gasteiger partial charge < -0.3 is 19.7 Å². The van der Waals surface area contributed by atoms with E-state index in [0.717, 1.165) is 31.6 Å². The molecule has 1 aromatic rings. The minimum Gasteiger partial charge on any atom is -0.370 e. The minimum absolute atomic E-state index is 0.0104. The molecular formula is C17H23N3O5S. The van der Waals surface area contributed by atoms with Crippen molar-refractivity contribution < 1.29 is 22.7 Å². The number of carbonyl (C=O) groups excluding carboxylic acids is 1. The number of carbonyl (C=O) groups is 1. The molecule has 3 aliphatic rings. The summed E-state index contributed by atoms with van der Waals surface area (Å²) in [5, 5.41) is 2.76. The van der Waals surface area contributed by atoms with Gasteiger partial charge in [0.2, 0.25) is 0 Å². The Balaban J connectivity index is 1.34. The molecule has 3 fully saturated rings. The van der Waals surface area contributed by atoms with E-state index in [9.17, 15) is 13.2 Å². The van der Waals surface area contributed by atoms with Crippen molar-refractivity contribution in [1.29, 1.82) is 0 Å². The van der Waals surface area contributed by atoms with Crippen molar-refractivity contribution in [3.8, 4) is 0 Å². The van der Waals surface area contributed by atoms with Crippen LogP contribution in [-0.4, -0.2) is 68.9 Å². The molecule has 142 valence electrons. The number of aromatic nitrogens is 1. The molecule has 0 aliphatic carbocycles. The lowest BCUT2D eigenvalue weighted by Crippen LogP contribution is -2.45. The topological polar surface area (TPSA) is 97.8 Å². The summed E-state index contributed by atoms with van der Waals surface area (Å²) >= 11 is 0. The predicted octanol–water partition coefficient (Wildman–Crippen LogP) is 0.342. The van der Waals surface area contributed by atoms with Gasteiger partial charge in [-0.25, -0.2) is 13.4 Å². The number of nitrogens with one attached hydrogen (secondary N) is 1. The molecule has 0 aromatic carbocycles. The lowest BCUT2D eigenvalue weighted by molar-refractivity contribution is -0.169. The Morgan fingerprint density at radius 3 is 2.54 bits per heavy atom. The van der Waals surface area contributed by atoms with Crippen molar-refractivity contribution >= 4 is 21.4 Å². The molecule has 4 heterocycles. The SMILES string of the molecule is O=C(NC1CCS(=O)(=O)C1)c1ccc(N2CCC3(CC2)OCCO3)cn1. The van der Waals surface area contributed by atoms with Crippen LogP contribution in [0, 0.1) is 0 Å². The van der Waals surface area contributed by atoms with Gasteiger partial charge in [-0.2, -0.15) is 0 Å². The monoisotopic (exact) mass is 381 g/mol. The summed E-state index contributed by atoms with van der Waals surface area (Å²) in [7, 11) is -3.02. The number of sulfone groups is 1. The molecule has 0 saturated carbocycles. The van der Waals surface area contributed by atoms with Gasteiger partial charge in [0.15, 0.2) is 15.6 Å². The Hall–Kier alpha value is -1.71. The molecule has 0 bridgehead atoms. The Labute approximate surface area is 152 Å². The van der Waals surface area contributed by atoms with Crippen molar-refractivity contribution in [1.82, 2.24) is 10.3 Å². The maximum atomic E-state index is 12.3. The van der Waals surface area contributed by atoms with Crippen LogP contribution < -0.4 is 10.2 Å². The third-order valence-corrected chi connectivity index (χ3v) is 7.02. The average Bonchev–Trinajstić information content (AvgIpc) is 3.22. The number of hydrogen-bond acceptors (Lipinski definition) is 7. The van der Waals surface area contributed by atoms with Gasteiger partial charge in [0.1, 0.15) is 5.69 Å². The summed E-state index contributed by atoms with van der Waals surface area (Å²) in [6.07, 6.45) is 3.78. The van der Waals surface area contributed by atoms with Gasteiger partial charge in [0, 0.05) is 32.0 Å². The number of pyridine rings is 1. The van der Waals surface area contributed by atoms with Crippen LogP contribution in [0.3, 0.4) is 0 Å². The van der Waals surface area contributed by atoms with Gasteiger partial charge in [0.25, 0.3) is 5.91 Å². The lowest BCUT2D eigenvalue weighted by Gasteiger charge is -2.38. The second-order valence-corrected chi connectivity index (χ2v) is 9.30. The highest BCUT2D eigenvalue weighted by Crippen LogP contribution is 2.32. The van der Waals surface area contributed by atoms with E-state index < -0.39 is 15.6 Å². The normalized spacial score (nSPS) is 26.9. The Morgan fingerprint density at radius 1 is 1.23 bits per heavy atom. The van der Waals surface area contributed by atoms with Crippen molar-refractivity contribution in [2.24, 2.45) is 0 Å². The third kappa shape index (κ3) is 3.70. The number of piperidine rings is 1. The van der Waals surface area contributed by atoms with E-state index in [2.05, 4.69) is 15.2 Å². The molecule has 1 atom stereocenters. The first-order valence-electron chi connectivity index (χ1n) is 8.95. The smallest absolute Gasteiger partial charge is 0.270 e. The molecule has 4 rings (SSSR count). The van der Waals surface area contributed by atoms with Gasteiger partial charge in [0.05, 0.1) is 36.6 Å². The summed E-state index contributed by atoms with van der Waals surface area (Å²) in [6, 6.07) is 3.24. The molecule has 3 aliphatic heterocycles. The van der Waals surface area contributed by atoms with Crippen LogP contribution in [0.15, 0.2) is 18.3 Å². The number of hydrogen-bond donors (Lipinski definition) is 1. The summed E-state index contributed by atoms with van der Waals surface area (Å²) in [5.41, 5.74) is 1.26. The average molecular weight is 381 g/mol. The molecule has 1 unspecified atom stereocenters. The largest absolute Gasteiger partial charge is 0.370 e. The molecule has 3 saturated heterocycles. The highest BCUT2D eigenvalue weighted by Gasteiger charge is 2.39. The van der Waals surface area contributed by atoms with Crippen molar-refractivity contribution in [3.63, 3.8) is 0 Å². The standard InChI is InChI=1S/C17H23N3O5S/c21-16(19-13-3-10-26(22,23)12-13)15-2-1-14(11-18-15)20-6-4-17(5-7-20)24-8-9-25-17/h1-2,11,13H,3-10,12H2,(H,19,21). The van der Waals surface area contributed by atoms with Crippen LogP contribution in [0.5, 0.6) is 0 Å². The van der Waals surface area contributed by atoms with Crippen LogP contribution in [0.1, 0.15) is 29.8 Å². The Bertz CT molecular complexity index is 764. The summed E-state index contributed by atoms with van der Waals surface area (Å²) in [4.78, 5) is 18.7. The fraction of sp³-hybridized carbons (Fsp3) is 0.647. The zero-order chi connectivity index (χ0) is 18.2. The summed E-state index contributed by atoms with van der Waals surface area (Å²) in [5.74, 6) is -0.597. The highest BCUT2D eigenvalue weighted by molar-refractivity contribution is 7.91. The molecule has 1 N–H and O–H groups in total. The quantitative estimate of drug-likeness (QED) is 0.806. The summed E-state index contributed by atoms with van der Waals surface area (Å²) in [6.45, 7) is 2.95. The molecule has 1 spiro atoms. The van der Waals surface area contributed by atoms with E-state index in [0.29, 0.717) is 25.3 Å². The van der Waals surface area contributed by atoms with Crippen LogP contribution >= 0.6 is 0 Å². The Kier molecular flexibility index (Phi) is 4.62. The molecule has 1 aromatic heterocycles. The molecule has 8 nitrogen and oxygen atoms in total. The van der Waals surface area contributed by atoms with E-state index >= 15 is 0 Å². The predicted molar refractivity (Wildman–Crippen MR) is 94.8 cm³/mol. The van der Waals surface area contributed by atoms with E-state index in [1.165, 1.54) is 0 Å². The van der Waals surface area contributed by atoms with Gasteiger partial charge >= 0.3 is 0 Å². The van der Waals surface area contributed by atoms with Crippen molar-refractivity contribution in [2.45, 2.75) is 31.1 Å². The second-order valence-electron chi connectivity index (χ2n) is 7.07. The number of amides is 1. The molecular weight excluding hydrogens is 358 g/mol. The van der Waals surface area contributed by atoms with Gasteiger partial charge in [-0.15, -0.1) is 0 Å². The zero-order valence-corrected chi connectivity index (χ0v) is 15.3. The van der Waals surface area contributed by atoms with Gasteiger partial charge in [-0.05, 0) is 18.6 Å². The van der Waals surface area contributed by atoms with E-state index in [1.54, 1.807) is 12.3 Å². The molecule has 1 amide bonds. The van der Waals surface area contributed by atoms with Crippen LogP contribution in [0.2, 0.25) is 0 Å². The van der Waals surface area contributed by atoms with E-state index in [-0.39, 0.29) is 23.5 Å². The van der Waals surface area contributed by atoms with Crippen molar-refractivity contribution in [2.75, 3.05) is 42.7 Å². The van der Waals surface area contributed by atoms with E-state index in [1.807, 2.05) is 6.07 Å². The fourth-order valence-corrected chi connectivity index (χ4v) is 5.44. The number of anilines is 1. The van der Waals surface area contributed by atoms with Crippen LogP contribution in [-0.2, 0) is 19.3 Å². The minimum atomic E-state index is -3.02. The first kappa shape index (κ1) is 17.7. The summed E-state index contributed by atoms with van der Waals surface area (Å²) < 4.78 is 34.4. The molecule has 26 heavy (non-hydrogen) atoms. The Morgan fingerprint density at radius 2 is 1.96 bits per heavy atom. The van der Waals surface area contributed by atoms with E-state index in [4.69, 9.17) is 9.47 Å². The lowest BCUT2D eigenvalue weighted by atomic mass is 10.0. The van der Waals surface area contributed by atoms with Crippen molar-refractivity contribution in [3.05, 3.63) is 24.0 Å². The van der Waals surface area contributed by atoms with Crippen LogP contribution in [0.4, 0.5) is 5.69 Å². The molecule has 0 radical (unpaired) electrons. The molecule has 9 heteroatoms. The fourth-order valence-electron chi connectivity index (χ4n) is 3.77. The maximum Gasteiger partial charge on any atom is 0.270 e. The van der Waals surface area contributed by atoms with Gasteiger partial charge in [-0.1, -0.05) is 0 Å². The zero-order valence-electron chi connectivity index (χ0n) is 14.5. The third-order valence-electron chi connectivity index (χ3n) is 5.25. The van der Waals surface area contributed by atoms with Crippen LogP contribution in [0.25, 0.3) is 0 Å². The number of rotatable bonds is 3. The number of nitrogens with zero attached hydrogens (tertiary/aromatic N) is 2. The second kappa shape index (κ2) is 6.79.